The monoisotopic (exact) mass is 777 g/mol. The minimum Gasteiger partial charge on any atom is -0.311 e. The van der Waals surface area contributed by atoms with E-state index in [1.807, 2.05) is 66.7 Å². The SMILES string of the molecule is [2H]c1c([2H])c([2H])c(-c2c([2H])c([2H])c(-c3c([2H])c([2H])c(N(c4ccc(-c5cccc(-c6cccc7ccccc67)c5)cc4)c4c([2H])c([2H])c(-c5c([2H])c([2H])c(-c6c([2H])c([2H])c([2H])c([2H])c6[2H])c([2H])c5[2H])c([2H])c4[2H])c([2H])c3[2H])c([2H])c2[2H])c([2H])c1[2H]. The Hall–Kier alpha value is -7.74. The fraction of sp³-hybridized carbons (Fsp3) is 0. The molecule has 10 aromatic rings. The molecular formula is C58H41N. The van der Waals surface area contributed by atoms with Crippen LogP contribution in [0.5, 0.6) is 0 Å². The lowest BCUT2D eigenvalue weighted by Gasteiger charge is -2.26. The average Bonchev–Trinajstić information content (AvgIpc) is 1.06. The Morgan fingerprint density at radius 1 is 0.271 bits per heavy atom. The summed E-state index contributed by atoms with van der Waals surface area (Å²) in [6.45, 7) is 0. The summed E-state index contributed by atoms with van der Waals surface area (Å²) in [7, 11) is 0. The predicted octanol–water partition coefficient (Wildman–Crippen LogP) is 16.3. The van der Waals surface area contributed by atoms with Gasteiger partial charge in [0.25, 0.3) is 0 Å². The van der Waals surface area contributed by atoms with Crippen LogP contribution in [-0.2, 0) is 0 Å². The number of rotatable bonds is 9. The molecule has 0 spiro atoms. The summed E-state index contributed by atoms with van der Waals surface area (Å²) in [5, 5.41) is 2.01. The van der Waals surface area contributed by atoms with Crippen LogP contribution >= 0.6 is 0 Å². The third-order valence-corrected chi connectivity index (χ3v) is 9.34. The van der Waals surface area contributed by atoms with Crippen LogP contribution in [0.4, 0.5) is 17.1 Å². The number of hydrogen-bond acceptors (Lipinski definition) is 1. The lowest BCUT2D eigenvalue weighted by atomic mass is 9.95. The van der Waals surface area contributed by atoms with Crippen molar-refractivity contribution in [1.29, 1.82) is 0 Å². The summed E-state index contributed by atoms with van der Waals surface area (Å²) in [6.07, 6.45) is 0. The van der Waals surface area contributed by atoms with Crippen LogP contribution in [0.1, 0.15) is 35.6 Å². The van der Waals surface area contributed by atoms with Crippen molar-refractivity contribution >= 4 is 27.8 Å². The van der Waals surface area contributed by atoms with Crippen LogP contribution in [0.25, 0.3) is 77.5 Å². The van der Waals surface area contributed by atoms with Gasteiger partial charge >= 0.3 is 0 Å². The van der Waals surface area contributed by atoms with Crippen molar-refractivity contribution in [3.8, 4) is 66.8 Å². The van der Waals surface area contributed by atoms with Crippen molar-refractivity contribution in [2.75, 3.05) is 4.90 Å². The van der Waals surface area contributed by atoms with Gasteiger partial charge in [-0.25, -0.2) is 0 Å². The van der Waals surface area contributed by atoms with E-state index < -0.39 is 213 Å². The van der Waals surface area contributed by atoms with E-state index in [0.29, 0.717) is 11.1 Å². The lowest BCUT2D eigenvalue weighted by Crippen LogP contribution is -2.09. The zero-order chi connectivity index (χ0) is 62.0. The molecule has 0 aliphatic rings. The molecule has 0 radical (unpaired) electrons. The Balaban J connectivity index is 1.20. The summed E-state index contributed by atoms with van der Waals surface area (Å²) >= 11 is 0. The molecule has 0 aliphatic carbocycles. The zero-order valence-electron chi connectivity index (χ0n) is 56.6. The van der Waals surface area contributed by atoms with E-state index in [0.717, 1.165) is 26.8 Å². The Kier molecular flexibility index (Phi) is 4.72. The second-order valence-corrected chi connectivity index (χ2v) is 12.9. The highest BCUT2D eigenvalue weighted by atomic mass is 15.1. The Morgan fingerprint density at radius 3 is 1.19 bits per heavy atom. The minimum absolute atomic E-state index is 0.0875. The Labute approximate surface area is 383 Å². The van der Waals surface area contributed by atoms with Gasteiger partial charge in [0.15, 0.2) is 0 Å². The van der Waals surface area contributed by atoms with Crippen molar-refractivity contribution in [2.24, 2.45) is 0 Å². The molecule has 0 amide bonds. The zero-order valence-corrected chi connectivity index (χ0v) is 30.6. The van der Waals surface area contributed by atoms with E-state index in [1.165, 1.54) is 12.1 Å². The van der Waals surface area contributed by atoms with Gasteiger partial charge in [-0.3, -0.25) is 0 Å². The topological polar surface area (TPSA) is 3.24 Å². The third-order valence-electron chi connectivity index (χ3n) is 9.34. The van der Waals surface area contributed by atoms with Gasteiger partial charge in [-0.15, -0.1) is 0 Å². The Bertz CT molecular complexity index is 4180. The van der Waals surface area contributed by atoms with Crippen LogP contribution in [0, 0.1) is 0 Å². The maximum absolute atomic E-state index is 9.60. The summed E-state index contributed by atoms with van der Waals surface area (Å²) in [5.41, 5.74) is -4.29. The van der Waals surface area contributed by atoms with Gasteiger partial charge in [0, 0.05) is 17.1 Å². The van der Waals surface area contributed by atoms with Crippen molar-refractivity contribution in [2.45, 2.75) is 0 Å². The summed E-state index contributed by atoms with van der Waals surface area (Å²) in [6, 6.07) is 3.64. The molecule has 0 aromatic heterocycles. The molecule has 0 saturated heterocycles. The molecule has 0 N–H and O–H groups in total. The maximum atomic E-state index is 9.60. The molecule has 0 aliphatic heterocycles. The summed E-state index contributed by atoms with van der Waals surface area (Å²) < 4.78 is 231. The van der Waals surface area contributed by atoms with Crippen molar-refractivity contribution in [3.63, 3.8) is 0 Å². The van der Waals surface area contributed by atoms with Crippen LogP contribution in [-0.4, -0.2) is 0 Å². The summed E-state index contributed by atoms with van der Waals surface area (Å²) in [5.74, 6) is 0. The molecule has 0 atom stereocenters. The molecule has 10 rings (SSSR count). The van der Waals surface area contributed by atoms with Gasteiger partial charge in [-0.2, -0.15) is 0 Å². The second kappa shape index (κ2) is 16.0. The highest BCUT2D eigenvalue weighted by Crippen LogP contribution is 2.39. The first-order valence-electron chi connectivity index (χ1n) is 31.1. The second-order valence-electron chi connectivity index (χ2n) is 12.9. The highest BCUT2D eigenvalue weighted by molar-refractivity contribution is 5.97. The van der Waals surface area contributed by atoms with Gasteiger partial charge in [-0.05, 0) is 120 Å². The van der Waals surface area contributed by atoms with Crippen LogP contribution in [0.15, 0.2) is 248 Å². The van der Waals surface area contributed by atoms with E-state index >= 15 is 0 Å². The van der Waals surface area contributed by atoms with E-state index in [-0.39, 0.29) is 5.69 Å². The summed E-state index contributed by atoms with van der Waals surface area (Å²) in [4.78, 5) is 0.901. The van der Waals surface area contributed by atoms with E-state index in [2.05, 4.69) is 0 Å². The predicted molar refractivity (Wildman–Crippen MR) is 251 cm³/mol. The largest absolute Gasteiger partial charge is 0.311 e. The molecule has 278 valence electrons. The maximum Gasteiger partial charge on any atom is 0.0645 e. The molecule has 59 heavy (non-hydrogen) atoms. The fourth-order valence-corrected chi connectivity index (χ4v) is 6.48. The average molecular weight is 778 g/mol. The number of anilines is 3. The molecule has 0 saturated carbocycles. The van der Waals surface area contributed by atoms with Crippen molar-refractivity contribution < 1.29 is 35.6 Å². The molecule has 0 heterocycles. The molecule has 1 heteroatoms. The molecule has 10 aromatic carbocycles. The van der Waals surface area contributed by atoms with E-state index in [1.54, 1.807) is 12.1 Å². The van der Waals surface area contributed by atoms with Crippen molar-refractivity contribution in [3.05, 3.63) is 248 Å². The molecule has 0 fully saturated rings. The fourth-order valence-electron chi connectivity index (χ4n) is 6.48. The molecule has 0 unspecified atom stereocenters. The Morgan fingerprint density at radius 2 is 0.678 bits per heavy atom. The van der Waals surface area contributed by atoms with Gasteiger partial charge in [-0.1, -0.05) is 206 Å². The van der Waals surface area contributed by atoms with Gasteiger partial charge in [0.05, 0.1) is 35.6 Å². The quantitative estimate of drug-likeness (QED) is 0.141. The lowest BCUT2D eigenvalue weighted by molar-refractivity contribution is 1.28. The molecular weight excluding hydrogens is 711 g/mol. The number of fused-ring (bicyclic) bond motifs is 1. The number of benzene rings is 10. The minimum atomic E-state index is -0.992. The highest BCUT2D eigenvalue weighted by Gasteiger charge is 2.15. The smallest absolute Gasteiger partial charge is 0.0645 e. The van der Waals surface area contributed by atoms with Gasteiger partial charge in [0.1, 0.15) is 0 Å². The number of nitrogens with zero attached hydrogens (tertiary/aromatic N) is 1. The third kappa shape index (κ3) is 7.46. The van der Waals surface area contributed by atoms with E-state index in [9.17, 15) is 11.0 Å². The first-order valence-corrected chi connectivity index (χ1v) is 18.1. The van der Waals surface area contributed by atoms with Crippen LogP contribution in [0.3, 0.4) is 0 Å². The first-order chi connectivity index (χ1) is 40.1. The molecule has 1 nitrogen and oxygen atoms in total. The van der Waals surface area contributed by atoms with Gasteiger partial charge < -0.3 is 4.90 Å². The first kappa shape index (κ1) is 17.4. The molecule has 0 bridgehead atoms. The van der Waals surface area contributed by atoms with Gasteiger partial charge in [0.2, 0.25) is 0 Å². The van der Waals surface area contributed by atoms with Crippen LogP contribution in [0.2, 0.25) is 0 Å². The van der Waals surface area contributed by atoms with Crippen LogP contribution < -0.4 is 4.90 Å². The standard InChI is InChI=1S/C58H41N/c1-3-11-42(12-4-1)44-21-25-46(26-22-44)48-29-35-54(36-30-48)59(55-37-31-49(32-38-55)47-27-23-45(24-28-47)43-13-5-2-6-14-43)56-39-33-50(34-40-56)52-17-9-18-53(41-52)58-20-10-16-51-15-7-8-19-57(51)58/h1-41H/i1D,2D,3D,4D,5D,6D,11D,12D,13D,14D,21D,22D,23D,24D,25D,26D,27D,28D,29D,30D,31D,32D,35D,36D,37D,38D. The number of hydrogen-bond donors (Lipinski definition) is 0. The van der Waals surface area contributed by atoms with E-state index in [4.69, 9.17) is 24.7 Å². The van der Waals surface area contributed by atoms with Crippen molar-refractivity contribution in [1.82, 2.24) is 0 Å². The normalized spacial score (nSPS) is 17.2.